The average Bonchev–Trinajstić information content (AvgIpc) is 2.72. The zero-order valence-corrected chi connectivity index (χ0v) is 13.8. The lowest BCUT2D eigenvalue weighted by atomic mass is 9.81. The number of carbonyl (C=O) groups excluding carboxylic acids is 1. The number of rotatable bonds is 6. The number of hydrogen-bond donors (Lipinski definition) is 3. The van der Waals surface area contributed by atoms with Crippen molar-refractivity contribution >= 4 is 6.03 Å². The summed E-state index contributed by atoms with van der Waals surface area (Å²) in [5, 5.41) is 15.6. The summed E-state index contributed by atoms with van der Waals surface area (Å²) in [5.74, 6) is 1.39. The van der Waals surface area contributed by atoms with E-state index in [-0.39, 0.29) is 23.9 Å². The lowest BCUT2D eigenvalue weighted by molar-refractivity contribution is 0.0151. The molecule has 3 N–H and O–H groups in total. The van der Waals surface area contributed by atoms with E-state index >= 15 is 0 Å². The molecular weight excluding hydrogens is 270 g/mol. The first-order chi connectivity index (χ1) is 9.63. The van der Waals surface area contributed by atoms with Crippen molar-refractivity contribution < 1.29 is 14.3 Å². The monoisotopic (exact) mass is 297 g/mol. The normalized spacial score (nSPS) is 13.3. The van der Waals surface area contributed by atoms with E-state index in [9.17, 15) is 9.90 Å². The second-order valence-electron chi connectivity index (χ2n) is 6.46. The molecule has 1 aromatic rings. The Morgan fingerprint density at radius 2 is 1.95 bits per heavy atom. The molecule has 0 spiro atoms. The van der Waals surface area contributed by atoms with Gasteiger partial charge in [-0.1, -0.05) is 27.7 Å². The van der Waals surface area contributed by atoms with Gasteiger partial charge in [-0.05, 0) is 19.8 Å². The molecule has 1 heterocycles. The molecule has 2 amide bonds. The third-order valence-electron chi connectivity index (χ3n) is 3.61. The first-order valence-corrected chi connectivity index (χ1v) is 7.26. The minimum absolute atomic E-state index is 0.142. The molecule has 6 nitrogen and oxygen atoms in total. The van der Waals surface area contributed by atoms with Crippen molar-refractivity contribution in [1.82, 2.24) is 15.6 Å². The summed E-state index contributed by atoms with van der Waals surface area (Å²) < 4.78 is 5.39. The number of nitrogens with zero attached hydrogens (tertiary/aromatic N) is 1. The summed E-state index contributed by atoms with van der Waals surface area (Å²) in [6, 6.07) is -0.299. The number of nitrogens with one attached hydrogen (secondary N) is 2. The van der Waals surface area contributed by atoms with E-state index in [2.05, 4.69) is 15.6 Å². The topological polar surface area (TPSA) is 87.4 Å². The van der Waals surface area contributed by atoms with Gasteiger partial charge in [-0.25, -0.2) is 9.78 Å². The molecule has 1 unspecified atom stereocenters. The van der Waals surface area contributed by atoms with E-state index in [1.807, 2.05) is 41.5 Å². The molecule has 0 aliphatic heterocycles. The van der Waals surface area contributed by atoms with Crippen LogP contribution in [0.5, 0.6) is 0 Å². The summed E-state index contributed by atoms with van der Waals surface area (Å²) in [5.41, 5.74) is 0.440. The van der Waals surface area contributed by atoms with Gasteiger partial charge in [0, 0.05) is 12.0 Å². The molecule has 0 aliphatic carbocycles. The van der Waals surface area contributed by atoms with E-state index in [0.29, 0.717) is 12.4 Å². The fourth-order valence-electron chi connectivity index (χ4n) is 2.15. The Hall–Kier alpha value is -1.56. The van der Waals surface area contributed by atoms with Crippen LogP contribution in [0.25, 0.3) is 0 Å². The lowest BCUT2D eigenvalue weighted by Crippen LogP contribution is -2.46. The van der Waals surface area contributed by atoms with Crippen molar-refractivity contribution in [3.05, 3.63) is 17.3 Å². The molecule has 21 heavy (non-hydrogen) atoms. The van der Waals surface area contributed by atoms with Crippen molar-refractivity contribution in [1.29, 1.82) is 0 Å². The molecular formula is C15H27N3O3. The molecule has 120 valence electrons. The SMILES string of the molecule is Cc1nc(CNC(=O)NCC(C)(C)C(O)C(C)C)oc1C. The van der Waals surface area contributed by atoms with Crippen LogP contribution in [-0.2, 0) is 6.54 Å². The Balaban J connectivity index is 2.40. The minimum Gasteiger partial charge on any atom is -0.444 e. The molecule has 1 atom stereocenters. The van der Waals surface area contributed by atoms with Crippen molar-refractivity contribution in [2.75, 3.05) is 6.54 Å². The lowest BCUT2D eigenvalue weighted by Gasteiger charge is -2.33. The molecule has 1 rings (SSSR count). The fraction of sp³-hybridized carbons (Fsp3) is 0.733. The third kappa shape index (κ3) is 5.04. The number of aliphatic hydroxyl groups is 1. The van der Waals surface area contributed by atoms with Crippen molar-refractivity contribution in [3.63, 3.8) is 0 Å². The van der Waals surface area contributed by atoms with Gasteiger partial charge in [0.15, 0.2) is 0 Å². The molecule has 0 aliphatic rings. The number of carbonyl (C=O) groups is 1. The Bertz CT molecular complexity index is 461. The van der Waals surface area contributed by atoms with Gasteiger partial charge in [0.25, 0.3) is 0 Å². The number of aryl methyl sites for hydroxylation is 2. The summed E-state index contributed by atoms with van der Waals surface area (Å²) >= 11 is 0. The fourth-order valence-corrected chi connectivity index (χ4v) is 2.15. The van der Waals surface area contributed by atoms with Crippen LogP contribution in [0, 0.1) is 25.2 Å². The molecule has 0 saturated heterocycles. The smallest absolute Gasteiger partial charge is 0.315 e. The maximum Gasteiger partial charge on any atom is 0.315 e. The second-order valence-corrected chi connectivity index (χ2v) is 6.46. The molecule has 0 saturated carbocycles. The summed E-state index contributed by atoms with van der Waals surface area (Å²) in [6.45, 7) is 12.1. The van der Waals surface area contributed by atoms with Gasteiger partial charge >= 0.3 is 6.03 Å². The van der Waals surface area contributed by atoms with Crippen molar-refractivity contribution in [3.8, 4) is 0 Å². The van der Waals surface area contributed by atoms with Crippen LogP contribution in [0.1, 0.15) is 45.0 Å². The van der Waals surface area contributed by atoms with E-state index in [4.69, 9.17) is 4.42 Å². The van der Waals surface area contributed by atoms with Crippen LogP contribution in [0.4, 0.5) is 4.79 Å². The Morgan fingerprint density at radius 3 is 2.43 bits per heavy atom. The molecule has 0 fully saturated rings. The van der Waals surface area contributed by atoms with Gasteiger partial charge in [0.05, 0.1) is 18.3 Å². The van der Waals surface area contributed by atoms with E-state index < -0.39 is 6.10 Å². The predicted molar refractivity (Wildman–Crippen MR) is 80.8 cm³/mol. The maximum absolute atomic E-state index is 11.8. The second kappa shape index (κ2) is 6.93. The quantitative estimate of drug-likeness (QED) is 0.750. The number of aromatic nitrogens is 1. The summed E-state index contributed by atoms with van der Waals surface area (Å²) in [7, 11) is 0. The van der Waals surface area contributed by atoms with Gasteiger partial charge in [-0.2, -0.15) is 0 Å². The Morgan fingerprint density at radius 1 is 1.33 bits per heavy atom. The molecule has 0 aromatic carbocycles. The summed E-state index contributed by atoms with van der Waals surface area (Å²) in [4.78, 5) is 16.0. The van der Waals surface area contributed by atoms with Crippen LogP contribution < -0.4 is 10.6 Å². The van der Waals surface area contributed by atoms with Gasteiger partial charge in [0.1, 0.15) is 5.76 Å². The number of oxazole rings is 1. The highest BCUT2D eigenvalue weighted by Gasteiger charge is 2.30. The molecule has 0 radical (unpaired) electrons. The first-order valence-electron chi connectivity index (χ1n) is 7.26. The maximum atomic E-state index is 11.8. The zero-order chi connectivity index (χ0) is 16.2. The van der Waals surface area contributed by atoms with Crippen molar-refractivity contribution in [2.45, 2.75) is 54.2 Å². The largest absolute Gasteiger partial charge is 0.444 e. The Kier molecular flexibility index (Phi) is 5.78. The number of amides is 2. The first kappa shape index (κ1) is 17.5. The van der Waals surface area contributed by atoms with E-state index in [1.54, 1.807) is 0 Å². The molecule has 1 aromatic heterocycles. The zero-order valence-electron chi connectivity index (χ0n) is 13.8. The standard InChI is InChI=1S/C15H27N3O3/c1-9(2)13(19)15(5,6)8-17-14(20)16-7-12-18-10(3)11(4)21-12/h9,13,19H,7-8H2,1-6H3,(H2,16,17,20). The third-order valence-corrected chi connectivity index (χ3v) is 3.61. The van der Waals surface area contributed by atoms with E-state index in [1.165, 1.54) is 0 Å². The number of aliphatic hydroxyl groups excluding tert-OH is 1. The average molecular weight is 297 g/mol. The van der Waals surface area contributed by atoms with Gasteiger partial charge in [0.2, 0.25) is 5.89 Å². The van der Waals surface area contributed by atoms with Crippen LogP contribution in [0.15, 0.2) is 4.42 Å². The van der Waals surface area contributed by atoms with Gasteiger partial charge < -0.3 is 20.2 Å². The van der Waals surface area contributed by atoms with Crippen molar-refractivity contribution in [2.24, 2.45) is 11.3 Å². The molecule has 0 bridgehead atoms. The van der Waals surface area contributed by atoms with Crippen LogP contribution >= 0.6 is 0 Å². The Labute approximate surface area is 126 Å². The predicted octanol–water partition coefficient (Wildman–Crippen LogP) is 2.13. The van der Waals surface area contributed by atoms with Crippen LogP contribution in [0.2, 0.25) is 0 Å². The highest BCUT2D eigenvalue weighted by atomic mass is 16.4. The van der Waals surface area contributed by atoms with Crippen LogP contribution in [0.3, 0.4) is 0 Å². The number of hydrogen-bond acceptors (Lipinski definition) is 4. The highest BCUT2D eigenvalue weighted by Crippen LogP contribution is 2.24. The van der Waals surface area contributed by atoms with Gasteiger partial charge in [-0.3, -0.25) is 0 Å². The molecule has 6 heteroatoms. The van der Waals surface area contributed by atoms with Crippen LogP contribution in [-0.4, -0.2) is 28.8 Å². The highest BCUT2D eigenvalue weighted by molar-refractivity contribution is 5.73. The minimum atomic E-state index is -0.477. The number of urea groups is 1. The summed E-state index contributed by atoms with van der Waals surface area (Å²) in [6.07, 6.45) is -0.477. The van der Waals surface area contributed by atoms with Gasteiger partial charge in [-0.15, -0.1) is 0 Å². The van der Waals surface area contributed by atoms with E-state index in [0.717, 1.165) is 11.5 Å².